The fraction of sp³-hybridized carbons (Fsp3) is 0.407. The van der Waals surface area contributed by atoms with E-state index in [4.69, 9.17) is 32.7 Å². The van der Waals surface area contributed by atoms with E-state index >= 15 is 0 Å². The highest BCUT2D eigenvalue weighted by atomic mass is 16.5. The molecule has 2 saturated heterocycles. The van der Waals surface area contributed by atoms with Crippen molar-refractivity contribution in [1.29, 1.82) is 0 Å². The zero-order valence-electron chi connectivity index (χ0n) is 22.9. The smallest absolute Gasteiger partial charge is 0.263 e. The summed E-state index contributed by atoms with van der Waals surface area (Å²) in [5.74, 6) is 0.874. The number of ether oxygens (including phenoxy) is 1. The molecular formula is C27H37N11O3. The average Bonchev–Trinajstić information content (AvgIpc) is 2.92. The van der Waals surface area contributed by atoms with Crippen LogP contribution in [0.25, 0.3) is 0 Å². The Bertz CT molecular complexity index is 1310. The fourth-order valence-corrected chi connectivity index (χ4v) is 5.25. The number of hydrogen-bond acceptors (Lipinski definition) is 13. The van der Waals surface area contributed by atoms with Crippen LogP contribution < -0.4 is 48.1 Å². The number of piperidine rings is 2. The number of rotatable bonds is 7. The Labute approximate surface area is 238 Å². The van der Waals surface area contributed by atoms with Gasteiger partial charge in [0.05, 0.1) is 7.11 Å². The van der Waals surface area contributed by atoms with Gasteiger partial charge in [0.25, 0.3) is 5.91 Å². The Hall–Kier alpha value is -4.24. The number of nitrogens with zero attached hydrogens (tertiary/aromatic N) is 5. The molecular weight excluding hydrogens is 526 g/mol. The number of anilines is 5. The minimum atomic E-state index is -0.497. The first-order valence-corrected chi connectivity index (χ1v) is 13.5. The Morgan fingerprint density at radius 1 is 0.829 bits per heavy atom. The van der Waals surface area contributed by atoms with Gasteiger partial charge < -0.3 is 53.2 Å². The second kappa shape index (κ2) is 12.1. The molecule has 3 heterocycles. The molecule has 0 unspecified atom stereocenters. The maximum atomic E-state index is 12.8. The van der Waals surface area contributed by atoms with Crippen molar-refractivity contribution in [2.24, 2.45) is 22.9 Å². The van der Waals surface area contributed by atoms with Crippen LogP contribution in [-0.4, -0.2) is 83.4 Å². The van der Waals surface area contributed by atoms with Crippen LogP contribution in [0.5, 0.6) is 11.5 Å². The first kappa shape index (κ1) is 28.3. The van der Waals surface area contributed by atoms with Gasteiger partial charge in [-0.25, -0.2) is 0 Å². The van der Waals surface area contributed by atoms with Crippen molar-refractivity contribution in [3.05, 3.63) is 48.0 Å². The summed E-state index contributed by atoms with van der Waals surface area (Å²) < 4.78 is 5.22. The molecule has 5 rings (SSSR count). The van der Waals surface area contributed by atoms with Crippen LogP contribution in [-0.2, 0) is 0 Å². The third kappa shape index (κ3) is 6.74. The second-order valence-electron chi connectivity index (χ2n) is 10.6. The summed E-state index contributed by atoms with van der Waals surface area (Å²) >= 11 is 0. The fourth-order valence-electron chi connectivity index (χ4n) is 5.25. The summed E-state index contributed by atoms with van der Waals surface area (Å²) in [5.41, 5.74) is 26.2. The lowest BCUT2D eigenvalue weighted by Gasteiger charge is -2.37. The Kier molecular flexibility index (Phi) is 8.35. The van der Waals surface area contributed by atoms with E-state index in [9.17, 15) is 9.90 Å². The Morgan fingerprint density at radius 3 is 1.85 bits per heavy atom. The number of benzene rings is 2. The topological polar surface area (TPSA) is 220 Å². The molecule has 3 aromatic rings. The number of carbonyl (C=O) groups is 1. The molecule has 218 valence electrons. The number of hydrogen-bond donors (Lipinski definition) is 7. The predicted octanol–water partition coefficient (Wildman–Crippen LogP) is 0.311. The zero-order valence-corrected chi connectivity index (χ0v) is 22.9. The number of phenols is 1. The molecule has 1 amide bonds. The number of aromatic hydroxyl groups is 1. The molecule has 41 heavy (non-hydrogen) atoms. The second-order valence-corrected chi connectivity index (χ2v) is 10.6. The first-order valence-electron chi connectivity index (χ1n) is 13.5. The summed E-state index contributed by atoms with van der Waals surface area (Å²) in [6.07, 6.45) is 1.46. The van der Waals surface area contributed by atoms with E-state index in [1.165, 1.54) is 13.2 Å². The number of nitrogens with one attached hydrogen (secondary N) is 2. The number of phenolic OH excluding ortho intramolecular Hbond substituents is 1. The number of aromatic nitrogens is 3. The lowest BCUT2D eigenvalue weighted by molar-refractivity contribution is 0.102. The van der Waals surface area contributed by atoms with E-state index < -0.39 is 5.91 Å². The SMILES string of the molecule is COc1cccc(O)c1C(=O)Nc1ccc(Nc2nc(N3C[C@H](N)C[C@H](N)C3)nc(N3C[C@H](N)C[C@H](N)C3)n2)cc1. The average molecular weight is 564 g/mol. The third-order valence-electron chi connectivity index (χ3n) is 7.06. The van der Waals surface area contributed by atoms with Crippen LogP contribution in [0.4, 0.5) is 29.2 Å². The van der Waals surface area contributed by atoms with Gasteiger partial charge in [-0.05, 0) is 49.2 Å². The summed E-state index contributed by atoms with van der Waals surface area (Å²) in [7, 11) is 1.44. The summed E-state index contributed by atoms with van der Waals surface area (Å²) in [5, 5.41) is 16.2. The highest BCUT2D eigenvalue weighted by molar-refractivity contribution is 6.08. The summed E-state index contributed by atoms with van der Waals surface area (Å²) in [6, 6.07) is 11.3. The van der Waals surface area contributed by atoms with Gasteiger partial charge in [-0.1, -0.05) is 6.07 Å². The van der Waals surface area contributed by atoms with Crippen molar-refractivity contribution in [2.75, 3.05) is 53.7 Å². The molecule has 0 radical (unpaired) electrons. The van der Waals surface area contributed by atoms with Gasteiger partial charge in [0, 0.05) is 61.7 Å². The van der Waals surface area contributed by atoms with Crippen LogP contribution in [0, 0.1) is 0 Å². The lowest BCUT2D eigenvalue weighted by atomic mass is 10.0. The highest BCUT2D eigenvalue weighted by Gasteiger charge is 2.29. The molecule has 2 fully saturated rings. The van der Waals surface area contributed by atoms with E-state index in [2.05, 4.69) is 20.6 Å². The third-order valence-corrected chi connectivity index (χ3v) is 7.06. The number of amides is 1. The van der Waals surface area contributed by atoms with Crippen LogP contribution in [0.2, 0.25) is 0 Å². The van der Waals surface area contributed by atoms with E-state index in [0.29, 0.717) is 55.4 Å². The van der Waals surface area contributed by atoms with E-state index in [1.54, 1.807) is 36.4 Å². The monoisotopic (exact) mass is 563 g/mol. The van der Waals surface area contributed by atoms with Crippen molar-refractivity contribution in [3.8, 4) is 11.5 Å². The van der Waals surface area contributed by atoms with Gasteiger partial charge in [-0.2, -0.15) is 15.0 Å². The molecule has 1 aromatic heterocycles. The minimum Gasteiger partial charge on any atom is -0.507 e. The molecule has 0 spiro atoms. The normalized spacial score (nSPS) is 22.8. The van der Waals surface area contributed by atoms with Crippen LogP contribution in [0.15, 0.2) is 42.5 Å². The van der Waals surface area contributed by atoms with Gasteiger partial charge in [0.15, 0.2) is 0 Å². The standard InChI is InChI=1S/C27H37N11O3/c1-41-22-4-2-3-21(39)23(22)24(40)32-19-5-7-20(8-6-19)33-25-34-26(37-11-15(28)9-16(29)12-37)36-27(35-25)38-13-17(30)10-18(31)14-38/h2-8,15-18,39H,9-14,28-31H2,1H3,(H,32,40)(H,33,34,35,36)/t15-,16+,17-,18+. The van der Waals surface area contributed by atoms with Gasteiger partial charge >= 0.3 is 0 Å². The Balaban J connectivity index is 1.37. The summed E-state index contributed by atoms with van der Waals surface area (Å²) in [6.45, 7) is 2.30. The first-order chi connectivity index (χ1) is 19.7. The predicted molar refractivity (Wildman–Crippen MR) is 158 cm³/mol. The number of methoxy groups -OCH3 is 1. The molecule has 14 nitrogen and oxygen atoms in total. The minimum absolute atomic E-state index is 0.0525. The van der Waals surface area contributed by atoms with Crippen molar-refractivity contribution >= 4 is 35.1 Å². The van der Waals surface area contributed by atoms with Crippen molar-refractivity contribution in [2.45, 2.75) is 37.0 Å². The molecule has 0 bridgehead atoms. The van der Waals surface area contributed by atoms with Crippen molar-refractivity contribution in [1.82, 2.24) is 15.0 Å². The number of carbonyl (C=O) groups excluding carboxylic acids is 1. The maximum absolute atomic E-state index is 12.8. The van der Waals surface area contributed by atoms with Crippen molar-refractivity contribution < 1.29 is 14.6 Å². The van der Waals surface area contributed by atoms with Gasteiger partial charge in [-0.15, -0.1) is 0 Å². The molecule has 4 atom stereocenters. The van der Waals surface area contributed by atoms with Gasteiger partial charge in [0.1, 0.15) is 17.1 Å². The molecule has 2 aliphatic rings. The quantitative estimate of drug-likeness (QED) is 0.206. The maximum Gasteiger partial charge on any atom is 0.263 e. The van der Waals surface area contributed by atoms with E-state index in [0.717, 1.165) is 12.8 Å². The summed E-state index contributed by atoms with van der Waals surface area (Å²) in [4.78, 5) is 30.9. The number of nitrogens with two attached hydrogens (primary N) is 4. The zero-order chi connectivity index (χ0) is 29.1. The Morgan fingerprint density at radius 2 is 1.34 bits per heavy atom. The molecule has 0 saturated carbocycles. The van der Waals surface area contributed by atoms with Crippen LogP contribution >= 0.6 is 0 Å². The van der Waals surface area contributed by atoms with Crippen LogP contribution in [0.1, 0.15) is 23.2 Å². The lowest BCUT2D eigenvalue weighted by Crippen LogP contribution is -2.54. The van der Waals surface area contributed by atoms with E-state index in [1.807, 2.05) is 9.80 Å². The molecule has 2 aromatic carbocycles. The molecule has 2 aliphatic heterocycles. The van der Waals surface area contributed by atoms with Gasteiger partial charge in [0.2, 0.25) is 17.8 Å². The highest BCUT2D eigenvalue weighted by Crippen LogP contribution is 2.29. The molecule has 0 aliphatic carbocycles. The van der Waals surface area contributed by atoms with Crippen molar-refractivity contribution in [3.63, 3.8) is 0 Å². The largest absolute Gasteiger partial charge is 0.507 e. The molecule has 11 N–H and O–H groups in total. The van der Waals surface area contributed by atoms with Gasteiger partial charge in [-0.3, -0.25) is 4.79 Å². The molecule has 14 heteroatoms. The van der Waals surface area contributed by atoms with E-state index in [-0.39, 0.29) is 41.2 Å². The van der Waals surface area contributed by atoms with Crippen LogP contribution in [0.3, 0.4) is 0 Å².